The number of hydrogen-bond donors (Lipinski definition) is 0. The van der Waals surface area contributed by atoms with E-state index in [0.717, 1.165) is 0 Å². The lowest BCUT2D eigenvalue weighted by Gasteiger charge is -2.45. The van der Waals surface area contributed by atoms with Gasteiger partial charge in [-0.1, -0.05) is 0 Å². The Morgan fingerprint density at radius 2 is 1.43 bits per heavy atom. The number of hydrogen-bond acceptors (Lipinski definition) is 5. The molecule has 1 saturated heterocycles. The van der Waals surface area contributed by atoms with Crippen molar-refractivity contribution < 1.29 is 60.0 Å². The molecular formula is C5HF9O5S2. The quantitative estimate of drug-likeness (QED) is 0.422. The standard InChI is InChI=1S/C5HF9O5S2/c6-1(20(14,15)16)2(7,8)3(9,10)4(11)5(12,13)19-21(4,17)18/h1H. The third kappa shape index (κ3) is 2.01. The van der Waals surface area contributed by atoms with E-state index < -0.39 is 48.8 Å². The van der Waals surface area contributed by atoms with Crippen LogP contribution in [0.25, 0.3) is 0 Å². The number of alkyl halides is 8. The maximum Gasteiger partial charge on any atom is 0.427 e. The second-order valence-corrected chi connectivity index (χ2v) is 6.64. The fourth-order valence-electron chi connectivity index (χ4n) is 1.23. The van der Waals surface area contributed by atoms with Gasteiger partial charge in [-0.15, -0.1) is 3.89 Å². The molecule has 1 aliphatic heterocycles. The molecule has 1 rings (SSSR count). The summed E-state index contributed by atoms with van der Waals surface area (Å²) in [6.45, 7) is 0. The molecule has 0 saturated carbocycles. The molecule has 0 aromatic carbocycles. The van der Waals surface area contributed by atoms with Crippen LogP contribution >= 0.6 is 0 Å². The molecular weight excluding hydrogens is 375 g/mol. The van der Waals surface area contributed by atoms with Crippen molar-refractivity contribution in [3.05, 3.63) is 0 Å². The Hall–Kier alpha value is -0.770. The molecule has 1 aliphatic rings. The summed E-state index contributed by atoms with van der Waals surface area (Å²) in [6.07, 6.45) is -6.06. The number of halogens is 9. The zero-order chi connectivity index (χ0) is 17.3. The highest BCUT2D eigenvalue weighted by molar-refractivity contribution is 7.89. The topological polar surface area (TPSA) is 77.5 Å². The molecule has 0 spiro atoms. The van der Waals surface area contributed by atoms with Crippen LogP contribution in [0.5, 0.6) is 0 Å². The van der Waals surface area contributed by atoms with Crippen molar-refractivity contribution in [3.8, 4) is 0 Å². The SMILES string of the molecule is O=S(=O)(F)C(F)C(F)(F)C(F)(F)C1(F)C(F)(F)OS1(=O)=O. The van der Waals surface area contributed by atoms with Gasteiger partial charge in [-0.05, 0) is 0 Å². The molecule has 0 aliphatic carbocycles. The summed E-state index contributed by atoms with van der Waals surface area (Å²) in [5, 5.41) is -6.49. The highest BCUT2D eigenvalue weighted by atomic mass is 32.3. The summed E-state index contributed by atoms with van der Waals surface area (Å²) in [4.78, 5) is 0. The Labute approximate surface area is 110 Å². The maximum absolute atomic E-state index is 13.3. The average Bonchev–Trinajstić information content (AvgIpc) is 2.23. The van der Waals surface area contributed by atoms with Gasteiger partial charge in [0.1, 0.15) is 0 Å². The molecule has 0 bridgehead atoms. The van der Waals surface area contributed by atoms with Gasteiger partial charge in [0.2, 0.25) is 0 Å². The van der Waals surface area contributed by atoms with Crippen LogP contribution in [-0.4, -0.2) is 45.3 Å². The number of rotatable bonds is 4. The Morgan fingerprint density at radius 3 is 1.67 bits per heavy atom. The van der Waals surface area contributed by atoms with Crippen molar-refractivity contribution in [2.45, 2.75) is 28.5 Å². The van der Waals surface area contributed by atoms with Crippen LogP contribution in [0.2, 0.25) is 0 Å². The molecule has 0 radical (unpaired) electrons. The van der Waals surface area contributed by atoms with Crippen LogP contribution in [0.15, 0.2) is 0 Å². The van der Waals surface area contributed by atoms with Crippen LogP contribution in [0.3, 0.4) is 0 Å². The van der Waals surface area contributed by atoms with Crippen molar-refractivity contribution in [2.24, 2.45) is 0 Å². The lowest BCUT2D eigenvalue weighted by Crippen LogP contribution is -2.77. The van der Waals surface area contributed by atoms with E-state index in [4.69, 9.17) is 0 Å². The van der Waals surface area contributed by atoms with Gasteiger partial charge in [-0.2, -0.15) is 47.4 Å². The van der Waals surface area contributed by atoms with Gasteiger partial charge in [-0.3, -0.25) is 0 Å². The predicted molar refractivity (Wildman–Crippen MR) is 43.6 cm³/mol. The van der Waals surface area contributed by atoms with Crippen LogP contribution in [0.4, 0.5) is 39.0 Å². The van der Waals surface area contributed by atoms with Crippen molar-refractivity contribution >= 4 is 20.3 Å². The van der Waals surface area contributed by atoms with Crippen LogP contribution in [0, 0.1) is 0 Å². The Morgan fingerprint density at radius 1 is 1.05 bits per heavy atom. The molecule has 0 N–H and O–H groups in total. The van der Waals surface area contributed by atoms with E-state index in [1.807, 2.05) is 0 Å². The van der Waals surface area contributed by atoms with Gasteiger partial charge in [-0.25, -0.2) is 8.78 Å². The van der Waals surface area contributed by atoms with Gasteiger partial charge in [0.15, 0.2) is 0 Å². The first kappa shape index (κ1) is 18.3. The van der Waals surface area contributed by atoms with Gasteiger partial charge < -0.3 is 0 Å². The fourth-order valence-corrected chi connectivity index (χ4v) is 2.91. The zero-order valence-corrected chi connectivity index (χ0v) is 10.5. The highest BCUT2D eigenvalue weighted by Crippen LogP contribution is 2.62. The minimum Gasteiger partial charge on any atom is -0.220 e. The van der Waals surface area contributed by atoms with E-state index in [0.29, 0.717) is 0 Å². The monoisotopic (exact) mass is 376 g/mol. The van der Waals surface area contributed by atoms with Gasteiger partial charge in [0.05, 0.1) is 0 Å². The van der Waals surface area contributed by atoms with Crippen LogP contribution in [-0.2, 0) is 24.5 Å². The van der Waals surface area contributed by atoms with E-state index in [2.05, 4.69) is 4.18 Å². The van der Waals surface area contributed by atoms with Crippen LogP contribution in [0.1, 0.15) is 0 Å². The van der Waals surface area contributed by atoms with Gasteiger partial charge in [0, 0.05) is 0 Å². The minimum absolute atomic E-state index is 2.36. The third-order valence-corrected chi connectivity index (χ3v) is 4.69. The lowest BCUT2D eigenvalue weighted by molar-refractivity contribution is -0.370. The largest absolute Gasteiger partial charge is 0.427 e. The third-order valence-electron chi connectivity index (χ3n) is 2.29. The van der Waals surface area contributed by atoms with E-state index in [-0.39, 0.29) is 0 Å². The molecule has 5 nitrogen and oxygen atoms in total. The summed E-state index contributed by atoms with van der Waals surface area (Å²) < 4.78 is 158. The minimum atomic E-state index is -7.18. The molecule has 0 aromatic rings. The first-order chi connectivity index (χ1) is 8.86. The van der Waals surface area contributed by atoms with Crippen molar-refractivity contribution in [1.82, 2.24) is 0 Å². The smallest absolute Gasteiger partial charge is 0.220 e. The Bertz CT molecular complexity index is 654. The van der Waals surface area contributed by atoms with Gasteiger partial charge >= 0.3 is 43.3 Å². The molecule has 21 heavy (non-hydrogen) atoms. The molecule has 0 aromatic heterocycles. The second kappa shape index (κ2) is 4.15. The summed E-state index contributed by atoms with van der Waals surface area (Å²) >= 11 is 0. The fraction of sp³-hybridized carbons (Fsp3) is 1.00. The molecule has 16 heteroatoms. The Balaban J connectivity index is 3.54. The van der Waals surface area contributed by atoms with E-state index in [1.54, 1.807) is 0 Å². The lowest BCUT2D eigenvalue weighted by atomic mass is 10.1. The Kier molecular flexibility index (Phi) is 3.61. The summed E-state index contributed by atoms with van der Waals surface area (Å²) in [5.74, 6) is -14.2. The molecule has 1 heterocycles. The molecule has 2 atom stereocenters. The van der Waals surface area contributed by atoms with Crippen molar-refractivity contribution in [1.29, 1.82) is 0 Å². The van der Waals surface area contributed by atoms with Gasteiger partial charge in [0.25, 0.3) is 5.50 Å². The van der Waals surface area contributed by atoms with E-state index in [9.17, 15) is 55.8 Å². The highest BCUT2D eigenvalue weighted by Gasteiger charge is 2.95. The van der Waals surface area contributed by atoms with Crippen molar-refractivity contribution in [2.75, 3.05) is 0 Å². The first-order valence-corrected chi connectivity index (χ1v) is 7.07. The van der Waals surface area contributed by atoms with E-state index >= 15 is 0 Å². The molecule has 0 amide bonds. The van der Waals surface area contributed by atoms with E-state index in [1.165, 1.54) is 0 Å². The zero-order valence-electron chi connectivity index (χ0n) is 8.84. The predicted octanol–water partition coefficient (Wildman–Crippen LogP) is 1.47. The molecule has 1 fully saturated rings. The summed E-state index contributed by atoms with van der Waals surface area (Å²) in [6, 6.07) is 0. The maximum atomic E-state index is 13.3. The van der Waals surface area contributed by atoms with Crippen molar-refractivity contribution in [3.63, 3.8) is 0 Å². The normalized spacial score (nSPS) is 30.5. The van der Waals surface area contributed by atoms with Crippen LogP contribution < -0.4 is 0 Å². The molecule has 126 valence electrons. The summed E-state index contributed by atoms with van der Waals surface area (Å²) in [7, 11) is -13.8. The average molecular weight is 376 g/mol. The second-order valence-electron chi connectivity index (χ2n) is 3.64. The first-order valence-electron chi connectivity index (χ1n) is 4.21. The molecule has 2 unspecified atom stereocenters. The summed E-state index contributed by atoms with van der Waals surface area (Å²) in [5.41, 5.74) is -5.50.